The molecule has 3 aromatic carbocycles. The summed E-state index contributed by atoms with van der Waals surface area (Å²) in [7, 11) is 0. The number of pyridine rings is 1. The van der Waals surface area contributed by atoms with Crippen LogP contribution in [0.1, 0.15) is 131 Å². The first-order chi connectivity index (χ1) is 21.1. The third-order valence-electron chi connectivity index (χ3n) is 7.15. The van der Waals surface area contributed by atoms with Crippen LogP contribution in [0.15, 0.2) is 72.8 Å². The van der Waals surface area contributed by atoms with Gasteiger partial charge in [-0.1, -0.05) is 153 Å². The Labute approximate surface area is 278 Å². The topological polar surface area (TPSA) is 30.0 Å². The minimum atomic E-state index is 0. The van der Waals surface area contributed by atoms with Gasteiger partial charge < -0.3 is 0 Å². The molecule has 0 spiro atoms. The summed E-state index contributed by atoms with van der Waals surface area (Å²) < 4.78 is 0. The van der Waals surface area contributed by atoms with Gasteiger partial charge in [0.05, 0.1) is 5.69 Å². The molecule has 0 amide bonds. The summed E-state index contributed by atoms with van der Waals surface area (Å²) in [5.41, 5.74) is 12.8. The van der Waals surface area contributed by atoms with E-state index in [4.69, 9.17) is 4.98 Å². The summed E-state index contributed by atoms with van der Waals surface area (Å²) in [4.78, 5) is 16.5. The van der Waals surface area contributed by atoms with Crippen LogP contribution in [0, 0.1) is 27.7 Å². The zero-order chi connectivity index (χ0) is 33.7. The third kappa shape index (κ3) is 15.4. The number of aromatic nitrogens is 1. The summed E-state index contributed by atoms with van der Waals surface area (Å²) in [6.07, 6.45) is 5.55. The molecule has 45 heavy (non-hydrogen) atoms. The lowest BCUT2D eigenvalue weighted by Crippen LogP contribution is -2.08. The fourth-order valence-corrected chi connectivity index (χ4v) is 4.63. The van der Waals surface area contributed by atoms with E-state index in [9.17, 15) is 4.79 Å². The van der Waals surface area contributed by atoms with Gasteiger partial charge in [0.1, 0.15) is 0 Å². The van der Waals surface area contributed by atoms with Crippen LogP contribution in [0.4, 0.5) is 0 Å². The van der Waals surface area contributed by atoms with Crippen LogP contribution in [0.5, 0.6) is 0 Å². The molecule has 0 aliphatic heterocycles. The molecule has 0 aliphatic carbocycles. The Morgan fingerprint density at radius 2 is 0.911 bits per heavy atom. The predicted molar refractivity (Wildman–Crippen MR) is 203 cm³/mol. The van der Waals surface area contributed by atoms with Crippen molar-refractivity contribution in [3.05, 3.63) is 123 Å². The summed E-state index contributed by atoms with van der Waals surface area (Å²) in [5.74, 6) is 0.0951. The Morgan fingerprint density at radius 1 is 0.578 bits per heavy atom. The van der Waals surface area contributed by atoms with Gasteiger partial charge in [0.15, 0.2) is 5.78 Å². The molecule has 248 valence electrons. The highest BCUT2D eigenvalue weighted by atomic mass is 16.1. The number of rotatable bonds is 6. The van der Waals surface area contributed by atoms with Gasteiger partial charge in [0.25, 0.3) is 0 Å². The molecule has 0 fully saturated rings. The minimum Gasteiger partial charge on any atom is -0.294 e. The lowest BCUT2D eigenvalue weighted by Gasteiger charge is -2.16. The second kappa shape index (κ2) is 24.8. The predicted octanol–water partition coefficient (Wildman–Crippen LogP) is 12.9. The van der Waals surface area contributed by atoms with E-state index in [1.54, 1.807) is 6.92 Å². The SMILES string of the molecule is C.CC.CCC.CCc1c(-c2ccc(C)cc2)nc(C)c(C(C)=O)c1C.CCc1ccc(C)cc1.CCc1ccc(CC)cc1. The van der Waals surface area contributed by atoms with E-state index < -0.39 is 0 Å². The maximum Gasteiger partial charge on any atom is 0.161 e. The van der Waals surface area contributed by atoms with Gasteiger partial charge >= 0.3 is 0 Å². The standard InChI is InChI=1S/C18H21NO.C10H14.C9H12.C3H8.C2H6.CH4/c1-6-16-12(3)17(14(5)20)13(4)19-18(16)15-9-7-11(2)8-10-15;1-3-9-5-7-10(4-2)8-6-9;1-3-9-6-4-8(2)5-7-9;1-3-2;1-2;/h7-10H,6H2,1-5H3;5-8H,3-4H2,1-2H3;4-7H,3H2,1-2H3;3H2,1-2H3;1-2H3;1H4. The van der Waals surface area contributed by atoms with Gasteiger partial charge in [-0.25, -0.2) is 0 Å². The lowest BCUT2D eigenvalue weighted by molar-refractivity contribution is 0.101. The van der Waals surface area contributed by atoms with Gasteiger partial charge in [-0.05, 0) is 88.1 Å². The van der Waals surface area contributed by atoms with Crippen LogP contribution in [-0.2, 0) is 25.7 Å². The number of benzene rings is 3. The van der Waals surface area contributed by atoms with Crippen molar-refractivity contribution in [2.75, 3.05) is 0 Å². The average Bonchev–Trinajstić information content (AvgIpc) is 3.03. The molecule has 2 heteroatoms. The molecule has 0 N–H and O–H groups in total. The molecule has 0 atom stereocenters. The van der Waals surface area contributed by atoms with Crippen molar-refractivity contribution in [1.82, 2.24) is 4.98 Å². The molecule has 0 bridgehead atoms. The van der Waals surface area contributed by atoms with Crippen molar-refractivity contribution in [2.45, 2.75) is 130 Å². The third-order valence-corrected chi connectivity index (χ3v) is 7.15. The quantitative estimate of drug-likeness (QED) is 0.203. The van der Waals surface area contributed by atoms with Crippen LogP contribution in [0.2, 0.25) is 0 Å². The van der Waals surface area contributed by atoms with Crippen LogP contribution < -0.4 is 0 Å². The number of aryl methyl sites for hydroxylation is 6. The van der Waals surface area contributed by atoms with Crippen LogP contribution >= 0.6 is 0 Å². The first-order valence-electron chi connectivity index (χ1n) is 16.8. The molecule has 0 unspecified atom stereocenters. The fourth-order valence-electron chi connectivity index (χ4n) is 4.63. The highest BCUT2D eigenvalue weighted by molar-refractivity contribution is 5.97. The number of carbonyl (C=O) groups is 1. The summed E-state index contributed by atoms with van der Waals surface area (Å²) in [6.45, 7) is 26.6. The Balaban J connectivity index is 0. The number of carbonyl (C=O) groups excluding carboxylic acids is 1. The molecule has 4 aromatic rings. The second-order valence-electron chi connectivity index (χ2n) is 10.9. The molecule has 1 heterocycles. The average molecular weight is 612 g/mol. The van der Waals surface area contributed by atoms with Crippen molar-refractivity contribution in [3.63, 3.8) is 0 Å². The Morgan fingerprint density at radius 3 is 1.22 bits per heavy atom. The van der Waals surface area contributed by atoms with Crippen molar-refractivity contribution in [1.29, 1.82) is 0 Å². The van der Waals surface area contributed by atoms with Gasteiger partial charge in [-0.3, -0.25) is 9.78 Å². The molecule has 0 saturated carbocycles. The molecule has 1 aromatic heterocycles. The zero-order valence-electron chi connectivity index (χ0n) is 30.3. The molecule has 4 rings (SSSR count). The van der Waals surface area contributed by atoms with E-state index >= 15 is 0 Å². The summed E-state index contributed by atoms with van der Waals surface area (Å²) in [6, 6.07) is 25.9. The fraction of sp³-hybridized carbons (Fsp3) is 0.442. The highest BCUT2D eigenvalue weighted by Gasteiger charge is 2.17. The molecule has 2 nitrogen and oxygen atoms in total. The summed E-state index contributed by atoms with van der Waals surface area (Å²) >= 11 is 0. The maximum atomic E-state index is 11.8. The number of nitrogens with zero attached hydrogens (tertiary/aromatic N) is 1. The first-order valence-corrected chi connectivity index (χ1v) is 16.8. The number of hydrogen-bond donors (Lipinski definition) is 0. The van der Waals surface area contributed by atoms with Crippen LogP contribution in [-0.4, -0.2) is 10.8 Å². The van der Waals surface area contributed by atoms with Crippen LogP contribution in [0.3, 0.4) is 0 Å². The number of hydrogen-bond acceptors (Lipinski definition) is 2. The maximum absolute atomic E-state index is 11.8. The minimum absolute atomic E-state index is 0. The normalized spacial score (nSPS) is 9.36. The Hall–Kier alpha value is -3.52. The van der Waals surface area contributed by atoms with Crippen molar-refractivity contribution in [3.8, 4) is 11.3 Å². The van der Waals surface area contributed by atoms with Gasteiger partial charge in [0.2, 0.25) is 0 Å². The monoisotopic (exact) mass is 612 g/mol. The van der Waals surface area contributed by atoms with Gasteiger partial charge in [0, 0.05) is 16.8 Å². The highest BCUT2D eigenvalue weighted by Crippen LogP contribution is 2.29. The molecular formula is C43H65NO. The summed E-state index contributed by atoms with van der Waals surface area (Å²) in [5, 5.41) is 0. The smallest absolute Gasteiger partial charge is 0.161 e. The molecular weight excluding hydrogens is 546 g/mol. The molecule has 0 saturated heterocycles. The van der Waals surface area contributed by atoms with E-state index in [0.717, 1.165) is 53.8 Å². The van der Waals surface area contributed by atoms with Crippen LogP contribution in [0.25, 0.3) is 11.3 Å². The Bertz CT molecular complexity index is 1310. The van der Waals surface area contributed by atoms with E-state index in [0.29, 0.717) is 0 Å². The van der Waals surface area contributed by atoms with Gasteiger partial charge in [-0.15, -0.1) is 0 Å². The van der Waals surface area contributed by atoms with Crippen molar-refractivity contribution >= 4 is 5.78 Å². The molecule has 0 aliphatic rings. The lowest BCUT2D eigenvalue weighted by atomic mass is 9.93. The van der Waals surface area contributed by atoms with E-state index in [2.05, 4.69) is 128 Å². The van der Waals surface area contributed by atoms with E-state index in [1.165, 1.54) is 39.8 Å². The second-order valence-corrected chi connectivity index (χ2v) is 10.9. The molecule has 0 radical (unpaired) electrons. The van der Waals surface area contributed by atoms with E-state index in [1.807, 2.05) is 27.7 Å². The zero-order valence-corrected chi connectivity index (χ0v) is 30.3. The first kappa shape index (κ1) is 43.6. The van der Waals surface area contributed by atoms with Crippen molar-refractivity contribution in [2.24, 2.45) is 0 Å². The largest absolute Gasteiger partial charge is 0.294 e. The Kier molecular flexibility index (Phi) is 24.0. The van der Waals surface area contributed by atoms with Gasteiger partial charge in [-0.2, -0.15) is 0 Å². The van der Waals surface area contributed by atoms with Crippen molar-refractivity contribution < 1.29 is 4.79 Å². The number of ketones is 1. The number of Topliss-reactive ketones (excluding diaryl/α,β-unsaturated/α-hetero) is 1. The van der Waals surface area contributed by atoms with E-state index in [-0.39, 0.29) is 13.2 Å².